The molecule has 0 aromatic carbocycles. The minimum absolute atomic E-state index is 0.0175. The lowest BCUT2D eigenvalue weighted by molar-refractivity contribution is -0.169. The second-order valence-electron chi connectivity index (χ2n) is 8.86. The molecule has 2 atom stereocenters. The number of carbonyl (C=O) groups excluding carboxylic acids is 1. The molecule has 0 spiro atoms. The van der Waals surface area contributed by atoms with E-state index in [1.165, 1.54) is 38.5 Å². The summed E-state index contributed by atoms with van der Waals surface area (Å²) in [5.74, 6) is 2.20. The number of nitrogens with one attached hydrogen (secondary N) is 1. The molecule has 5 rings (SSSR count). The second kappa shape index (κ2) is 4.71. The van der Waals surface area contributed by atoms with Crippen LogP contribution < -0.4 is 5.32 Å². The van der Waals surface area contributed by atoms with E-state index in [0.717, 1.165) is 37.9 Å². The molecule has 3 heteroatoms. The fourth-order valence-corrected chi connectivity index (χ4v) is 6.46. The number of carbonyl (C=O) groups is 1. The highest BCUT2D eigenvalue weighted by atomic mass is 16.2. The molecule has 1 saturated heterocycles. The van der Waals surface area contributed by atoms with Gasteiger partial charge in [0.15, 0.2) is 0 Å². The van der Waals surface area contributed by atoms with Gasteiger partial charge >= 0.3 is 0 Å². The zero-order valence-electron chi connectivity index (χ0n) is 13.7. The van der Waals surface area contributed by atoms with E-state index in [9.17, 15) is 4.79 Å². The molecular weight excluding hydrogens is 260 g/mol. The molecule has 4 aliphatic carbocycles. The number of hydrogen-bond acceptors (Lipinski definition) is 2. The molecule has 4 saturated carbocycles. The van der Waals surface area contributed by atoms with Crippen LogP contribution in [0.3, 0.4) is 0 Å². The third-order valence-corrected chi connectivity index (χ3v) is 6.73. The predicted molar refractivity (Wildman–Crippen MR) is 83.9 cm³/mol. The van der Waals surface area contributed by atoms with Crippen molar-refractivity contribution in [2.45, 2.75) is 64.8 Å². The maximum atomic E-state index is 13.5. The average molecular weight is 290 g/mol. The number of nitrogens with zero attached hydrogens (tertiary/aromatic N) is 1. The number of amides is 1. The average Bonchev–Trinajstić information content (AvgIpc) is 2.32. The first-order valence-electron chi connectivity index (χ1n) is 9.05. The Kier molecular flexibility index (Phi) is 3.15. The van der Waals surface area contributed by atoms with Crippen molar-refractivity contribution in [2.24, 2.45) is 22.7 Å². The molecule has 21 heavy (non-hydrogen) atoms. The van der Waals surface area contributed by atoms with Gasteiger partial charge in [-0.2, -0.15) is 0 Å². The summed E-state index contributed by atoms with van der Waals surface area (Å²) in [6.07, 6.45) is 8.82. The topological polar surface area (TPSA) is 32.3 Å². The Bertz CT molecular complexity index is 428. The van der Waals surface area contributed by atoms with Gasteiger partial charge in [-0.25, -0.2) is 0 Å². The van der Waals surface area contributed by atoms with Crippen molar-refractivity contribution < 1.29 is 4.79 Å². The highest BCUT2D eigenvalue weighted by Crippen LogP contribution is 2.65. The molecule has 5 fully saturated rings. The standard InChI is InChI=1S/C18H30N2O/c1-3-4-20(15-10-19-11-15)16(21)18-8-13-5-14(9-18)7-17(2,6-13)12-18/h13-15,19H,3-12H2,1-2H3. The Hall–Kier alpha value is -0.570. The molecule has 5 aliphatic rings. The summed E-state index contributed by atoms with van der Waals surface area (Å²) in [4.78, 5) is 15.7. The van der Waals surface area contributed by atoms with Gasteiger partial charge < -0.3 is 10.2 Å². The summed E-state index contributed by atoms with van der Waals surface area (Å²) in [6, 6.07) is 0.471. The highest BCUT2D eigenvalue weighted by molar-refractivity contribution is 5.84. The molecule has 0 aromatic rings. The van der Waals surface area contributed by atoms with Crippen LogP contribution in [0.25, 0.3) is 0 Å². The normalized spacial score (nSPS) is 44.7. The Morgan fingerprint density at radius 3 is 2.33 bits per heavy atom. The first kappa shape index (κ1) is 14.0. The molecule has 0 radical (unpaired) electrons. The van der Waals surface area contributed by atoms with E-state index in [1.807, 2.05) is 0 Å². The van der Waals surface area contributed by atoms with Gasteiger partial charge in [0.1, 0.15) is 0 Å². The quantitative estimate of drug-likeness (QED) is 0.863. The van der Waals surface area contributed by atoms with Crippen molar-refractivity contribution in [1.82, 2.24) is 10.2 Å². The zero-order valence-corrected chi connectivity index (χ0v) is 13.7. The van der Waals surface area contributed by atoms with E-state index in [2.05, 4.69) is 24.1 Å². The first-order valence-corrected chi connectivity index (χ1v) is 9.05. The summed E-state index contributed by atoms with van der Waals surface area (Å²) in [7, 11) is 0. The minimum atomic E-state index is 0.0175. The maximum Gasteiger partial charge on any atom is 0.229 e. The van der Waals surface area contributed by atoms with E-state index >= 15 is 0 Å². The lowest BCUT2D eigenvalue weighted by Crippen LogP contribution is -2.64. The fraction of sp³-hybridized carbons (Fsp3) is 0.944. The molecule has 1 N–H and O–H groups in total. The van der Waals surface area contributed by atoms with E-state index in [0.29, 0.717) is 17.4 Å². The van der Waals surface area contributed by atoms with Gasteiger partial charge in [0.2, 0.25) is 5.91 Å². The van der Waals surface area contributed by atoms with Crippen LogP contribution in [0.2, 0.25) is 0 Å². The summed E-state index contributed by atoms with van der Waals surface area (Å²) < 4.78 is 0. The van der Waals surface area contributed by atoms with Gasteiger partial charge in [0.05, 0.1) is 11.5 Å². The van der Waals surface area contributed by atoms with E-state index in [4.69, 9.17) is 0 Å². The van der Waals surface area contributed by atoms with Gasteiger partial charge in [-0.3, -0.25) is 4.79 Å². The highest BCUT2D eigenvalue weighted by Gasteiger charge is 2.59. The maximum absolute atomic E-state index is 13.5. The Balaban J connectivity index is 1.60. The predicted octanol–water partition coefficient (Wildman–Crippen LogP) is 2.80. The van der Waals surface area contributed by atoms with Gasteiger partial charge in [0.25, 0.3) is 0 Å². The van der Waals surface area contributed by atoms with E-state index in [-0.39, 0.29) is 5.41 Å². The molecule has 118 valence electrons. The summed E-state index contributed by atoms with van der Waals surface area (Å²) >= 11 is 0. The Morgan fingerprint density at radius 2 is 1.86 bits per heavy atom. The number of hydrogen-bond donors (Lipinski definition) is 1. The van der Waals surface area contributed by atoms with E-state index < -0.39 is 0 Å². The zero-order chi connectivity index (χ0) is 14.7. The van der Waals surface area contributed by atoms with Crippen LogP contribution in [-0.4, -0.2) is 36.5 Å². The van der Waals surface area contributed by atoms with Crippen molar-refractivity contribution in [3.63, 3.8) is 0 Å². The lowest BCUT2D eigenvalue weighted by atomic mass is 9.44. The first-order chi connectivity index (χ1) is 10.0. The Morgan fingerprint density at radius 1 is 1.19 bits per heavy atom. The summed E-state index contributed by atoms with van der Waals surface area (Å²) in [5, 5.41) is 3.34. The third kappa shape index (κ3) is 2.15. The van der Waals surface area contributed by atoms with Crippen molar-refractivity contribution in [3.8, 4) is 0 Å². The lowest BCUT2D eigenvalue weighted by Gasteiger charge is -2.61. The van der Waals surface area contributed by atoms with Crippen molar-refractivity contribution >= 4 is 5.91 Å². The molecule has 4 bridgehead atoms. The number of rotatable bonds is 4. The molecule has 0 aromatic heterocycles. The van der Waals surface area contributed by atoms with Gasteiger partial charge in [-0.05, 0) is 62.2 Å². The smallest absolute Gasteiger partial charge is 0.229 e. The van der Waals surface area contributed by atoms with Gasteiger partial charge in [-0.15, -0.1) is 0 Å². The van der Waals surface area contributed by atoms with Crippen molar-refractivity contribution in [3.05, 3.63) is 0 Å². The van der Waals surface area contributed by atoms with E-state index in [1.54, 1.807) is 0 Å². The van der Waals surface area contributed by atoms with Crippen molar-refractivity contribution in [2.75, 3.05) is 19.6 Å². The largest absolute Gasteiger partial charge is 0.337 e. The SMILES string of the molecule is CCCN(C(=O)C12CC3CC(CC(C)(C3)C1)C2)C1CNC1. The minimum Gasteiger partial charge on any atom is -0.337 e. The molecule has 1 heterocycles. The molecule has 1 amide bonds. The van der Waals surface area contributed by atoms with Gasteiger partial charge in [0, 0.05) is 19.6 Å². The fourth-order valence-electron chi connectivity index (χ4n) is 6.46. The Labute approximate surface area is 128 Å². The summed E-state index contributed by atoms with van der Waals surface area (Å²) in [6.45, 7) is 7.63. The van der Waals surface area contributed by atoms with Crippen LogP contribution in [-0.2, 0) is 4.79 Å². The van der Waals surface area contributed by atoms with Crippen LogP contribution in [0, 0.1) is 22.7 Å². The molecule has 1 aliphatic heterocycles. The van der Waals surface area contributed by atoms with Crippen LogP contribution in [0.5, 0.6) is 0 Å². The molecular formula is C18H30N2O. The van der Waals surface area contributed by atoms with Gasteiger partial charge in [-0.1, -0.05) is 13.8 Å². The van der Waals surface area contributed by atoms with Crippen LogP contribution in [0.4, 0.5) is 0 Å². The molecule has 2 unspecified atom stereocenters. The second-order valence-corrected chi connectivity index (χ2v) is 8.86. The van der Waals surface area contributed by atoms with Crippen LogP contribution >= 0.6 is 0 Å². The summed E-state index contributed by atoms with van der Waals surface area (Å²) in [5.41, 5.74) is 0.485. The monoisotopic (exact) mass is 290 g/mol. The molecule has 3 nitrogen and oxygen atoms in total. The van der Waals surface area contributed by atoms with Crippen molar-refractivity contribution in [1.29, 1.82) is 0 Å². The van der Waals surface area contributed by atoms with Crippen LogP contribution in [0.15, 0.2) is 0 Å². The third-order valence-electron chi connectivity index (χ3n) is 6.73. The van der Waals surface area contributed by atoms with Crippen LogP contribution in [0.1, 0.15) is 58.8 Å².